The Hall–Kier alpha value is -2.47. The van der Waals surface area contributed by atoms with Crippen molar-refractivity contribution in [1.82, 2.24) is 4.98 Å². The van der Waals surface area contributed by atoms with E-state index in [1.165, 1.54) is 0 Å². The largest absolute Gasteiger partial charge is 1.00 e. The predicted molar refractivity (Wildman–Crippen MR) is 102 cm³/mol. The van der Waals surface area contributed by atoms with E-state index in [2.05, 4.69) is 10.3 Å². The van der Waals surface area contributed by atoms with Crippen LogP contribution in [-0.4, -0.2) is 16.9 Å². The molecule has 1 aromatic heterocycles. The number of hydrogen-bond acceptors (Lipinski definition) is 4. The van der Waals surface area contributed by atoms with E-state index in [4.69, 9.17) is 4.74 Å². The fourth-order valence-corrected chi connectivity index (χ4v) is 3.01. The number of para-hydroxylation sites is 1. The molecule has 2 heterocycles. The zero-order chi connectivity index (χ0) is 18.1. The zero-order valence-electron chi connectivity index (χ0n) is 16.2. The van der Waals surface area contributed by atoms with Crippen LogP contribution in [0.3, 0.4) is 0 Å². The summed E-state index contributed by atoms with van der Waals surface area (Å²) in [6.45, 7) is 1.74. The monoisotopic (exact) mass is 368 g/mol. The second-order valence-corrected chi connectivity index (χ2v) is 5.94. The van der Waals surface area contributed by atoms with Crippen LogP contribution in [0.1, 0.15) is 25.9 Å². The fraction of sp³-hybridized carbons (Fsp3) is 0.0952. The summed E-state index contributed by atoms with van der Waals surface area (Å²) in [5.41, 5.74) is 3.71. The van der Waals surface area contributed by atoms with E-state index in [9.17, 15) is 9.59 Å². The first-order valence-corrected chi connectivity index (χ1v) is 8.38. The van der Waals surface area contributed by atoms with Crippen molar-refractivity contribution in [2.45, 2.75) is 13.3 Å². The molecule has 0 unspecified atom stereocenters. The van der Waals surface area contributed by atoms with Crippen molar-refractivity contribution in [1.29, 1.82) is 0 Å². The molecule has 0 fully saturated rings. The molecule has 0 saturated carbocycles. The molecule has 1 amide bonds. The standard InChI is InChI=1S/C21H16N2O3.Na.H/c1-2-19(24)26-18-10-9-13(14-7-5-11-22-20(14)18)12-16-15-6-3-4-8-17(15)23-21(16)25;;/h3-12H,2H2,1H3,(H,23,25);;/q;+1;-1. The summed E-state index contributed by atoms with van der Waals surface area (Å²) in [7, 11) is 0. The molecule has 0 aliphatic carbocycles. The van der Waals surface area contributed by atoms with Gasteiger partial charge < -0.3 is 11.5 Å². The summed E-state index contributed by atoms with van der Waals surface area (Å²) in [6, 6.07) is 14.9. The van der Waals surface area contributed by atoms with Crippen molar-refractivity contribution in [3.63, 3.8) is 0 Å². The molecule has 2 aromatic carbocycles. The van der Waals surface area contributed by atoms with Gasteiger partial charge in [-0.25, -0.2) is 0 Å². The Morgan fingerprint density at radius 2 is 2.00 bits per heavy atom. The number of anilines is 1. The topological polar surface area (TPSA) is 68.3 Å². The maximum Gasteiger partial charge on any atom is 1.00 e. The van der Waals surface area contributed by atoms with Gasteiger partial charge in [0.1, 0.15) is 5.52 Å². The molecule has 5 nitrogen and oxygen atoms in total. The predicted octanol–water partition coefficient (Wildman–Crippen LogP) is 1.16. The second kappa shape index (κ2) is 8.05. The number of carbonyl (C=O) groups is 2. The maximum absolute atomic E-state index is 12.4. The minimum atomic E-state index is -0.313. The molecular weight excluding hydrogens is 351 g/mol. The van der Waals surface area contributed by atoms with Gasteiger partial charge in [0.25, 0.3) is 5.91 Å². The Morgan fingerprint density at radius 3 is 2.81 bits per heavy atom. The summed E-state index contributed by atoms with van der Waals surface area (Å²) >= 11 is 0. The number of nitrogens with zero attached hydrogens (tertiary/aromatic N) is 1. The summed E-state index contributed by atoms with van der Waals surface area (Å²) in [4.78, 5) is 28.4. The molecule has 1 aliphatic rings. The average molecular weight is 368 g/mol. The van der Waals surface area contributed by atoms with Crippen LogP contribution in [0.25, 0.3) is 22.6 Å². The van der Waals surface area contributed by atoms with Gasteiger partial charge in [-0.05, 0) is 29.8 Å². The molecule has 1 N–H and O–H groups in total. The molecule has 6 heteroatoms. The number of benzene rings is 2. The number of rotatable bonds is 3. The number of carbonyl (C=O) groups excluding carboxylic acids is 2. The first-order valence-electron chi connectivity index (χ1n) is 8.38. The molecule has 4 rings (SSSR count). The SMILES string of the molecule is CCC(=O)Oc1ccc(C=C2C(=O)Nc3ccccc32)c2cccnc12.[H-].[Na+]. The van der Waals surface area contributed by atoms with E-state index in [0.29, 0.717) is 16.8 Å². The normalized spacial score (nSPS) is 13.8. The number of pyridine rings is 1. The number of ether oxygens (including phenoxy) is 1. The first kappa shape index (κ1) is 19.3. The van der Waals surface area contributed by atoms with E-state index < -0.39 is 0 Å². The molecule has 130 valence electrons. The summed E-state index contributed by atoms with van der Waals surface area (Å²) in [6.07, 6.45) is 3.79. The molecule has 0 radical (unpaired) electrons. The fourth-order valence-electron chi connectivity index (χ4n) is 3.01. The van der Waals surface area contributed by atoms with Crippen LogP contribution in [-0.2, 0) is 9.59 Å². The van der Waals surface area contributed by atoms with Gasteiger partial charge in [-0.15, -0.1) is 0 Å². The minimum absolute atomic E-state index is 0. The van der Waals surface area contributed by atoms with Crippen LogP contribution in [0.15, 0.2) is 54.7 Å². The summed E-state index contributed by atoms with van der Waals surface area (Å²) in [5, 5.41) is 3.69. The van der Waals surface area contributed by atoms with Gasteiger partial charge in [0, 0.05) is 34.8 Å². The van der Waals surface area contributed by atoms with Crippen molar-refractivity contribution >= 4 is 40.1 Å². The number of aromatic nitrogens is 1. The van der Waals surface area contributed by atoms with Crippen LogP contribution < -0.4 is 39.6 Å². The van der Waals surface area contributed by atoms with Crippen LogP contribution >= 0.6 is 0 Å². The number of nitrogens with one attached hydrogen (secondary N) is 1. The first-order chi connectivity index (χ1) is 12.7. The van der Waals surface area contributed by atoms with E-state index in [-0.39, 0.29) is 49.3 Å². The van der Waals surface area contributed by atoms with E-state index in [1.54, 1.807) is 19.2 Å². The number of fused-ring (bicyclic) bond motifs is 2. The van der Waals surface area contributed by atoms with Crippen molar-refractivity contribution in [3.05, 3.63) is 65.9 Å². The van der Waals surface area contributed by atoms with Gasteiger partial charge in [0.15, 0.2) is 5.75 Å². The molecule has 0 spiro atoms. The number of amides is 1. The molecule has 27 heavy (non-hydrogen) atoms. The molecule has 0 atom stereocenters. The van der Waals surface area contributed by atoms with Crippen LogP contribution in [0.5, 0.6) is 5.75 Å². The van der Waals surface area contributed by atoms with Crippen molar-refractivity contribution < 1.29 is 45.3 Å². The zero-order valence-corrected chi connectivity index (χ0v) is 17.2. The van der Waals surface area contributed by atoms with Gasteiger partial charge in [-0.1, -0.05) is 37.3 Å². The molecule has 0 saturated heterocycles. The average Bonchev–Trinajstić information content (AvgIpc) is 2.99. The van der Waals surface area contributed by atoms with Gasteiger partial charge in [0.05, 0.1) is 0 Å². The number of hydrogen-bond donors (Lipinski definition) is 1. The Bertz CT molecular complexity index is 1080. The minimum Gasteiger partial charge on any atom is -1.00 e. The molecular formula is C21H17N2NaO3. The van der Waals surface area contributed by atoms with Crippen molar-refractivity contribution in [2.24, 2.45) is 0 Å². The third-order valence-corrected chi connectivity index (χ3v) is 4.29. The van der Waals surface area contributed by atoms with Crippen LogP contribution in [0, 0.1) is 0 Å². The van der Waals surface area contributed by atoms with Gasteiger partial charge in [-0.3, -0.25) is 14.6 Å². The summed E-state index contributed by atoms with van der Waals surface area (Å²) in [5.74, 6) is -0.0252. The molecule has 1 aliphatic heterocycles. The Balaban J connectivity index is 0.00000140. The molecule has 3 aromatic rings. The third kappa shape index (κ3) is 3.67. The van der Waals surface area contributed by atoms with Crippen LogP contribution in [0.2, 0.25) is 0 Å². The van der Waals surface area contributed by atoms with E-state index >= 15 is 0 Å². The second-order valence-electron chi connectivity index (χ2n) is 5.94. The van der Waals surface area contributed by atoms with E-state index in [0.717, 1.165) is 22.2 Å². The summed E-state index contributed by atoms with van der Waals surface area (Å²) < 4.78 is 5.38. The van der Waals surface area contributed by atoms with Gasteiger partial charge in [-0.2, -0.15) is 0 Å². The van der Waals surface area contributed by atoms with E-state index in [1.807, 2.05) is 48.5 Å². The smallest absolute Gasteiger partial charge is 1.00 e. The number of esters is 1. The van der Waals surface area contributed by atoms with Gasteiger partial charge in [0.2, 0.25) is 0 Å². The Kier molecular flexibility index (Phi) is 5.75. The Labute approximate surface area is 180 Å². The van der Waals surface area contributed by atoms with Crippen molar-refractivity contribution in [2.75, 3.05) is 5.32 Å². The third-order valence-electron chi connectivity index (χ3n) is 4.29. The molecule has 0 bridgehead atoms. The maximum atomic E-state index is 12.4. The Morgan fingerprint density at radius 1 is 1.19 bits per heavy atom. The van der Waals surface area contributed by atoms with Crippen LogP contribution in [0.4, 0.5) is 5.69 Å². The van der Waals surface area contributed by atoms with Crippen molar-refractivity contribution in [3.8, 4) is 5.75 Å². The van der Waals surface area contributed by atoms with Gasteiger partial charge >= 0.3 is 35.5 Å². The quantitative estimate of drug-likeness (QED) is 0.326.